The number of fused-ring (bicyclic) bond motifs is 3. The summed E-state index contributed by atoms with van der Waals surface area (Å²) < 4.78 is 0. The van der Waals surface area contributed by atoms with Crippen molar-refractivity contribution in [1.82, 2.24) is 20.2 Å². The van der Waals surface area contributed by atoms with Crippen molar-refractivity contribution < 1.29 is 9.90 Å². The van der Waals surface area contributed by atoms with Crippen LogP contribution in [0.5, 0.6) is 0 Å². The van der Waals surface area contributed by atoms with E-state index in [0.717, 1.165) is 42.9 Å². The monoisotopic (exact) mass is 498 g/mol. The van der Waals surface area contributed by atoms with E-state index >= 15 is 0 Å². The molecule has 2 bridgehead atoms. The van der Waals surface area contributed by atoms with Crippen LogP contribution in [0.1, 0.15) is 63.0 Å². The lowest BCUT2D eigenvalue weighted by Crippen LogP contribution is -2.59. The molecule has 9 heteroatoms. The summed E-state index contributed by atoms with van der Waals surface area (Å²) in [4.78, 5) is 25.7. The van der Waals surface area contributed by atoms with Crippen molar-refractivity contribution >= 4 is 29.1 Å². The van der Waals surface area contributed by atoms with Gasteiger partial charge in [0.1, 0.15) is 24.2 Å². The van der Waals surface area contributed by atoms with Crippen LogP contribution in [0, 0.1) is 0 Å². The molecule has 3 aliphatic heterocycles. The maximum atomic E-state index is 12.0. The van der Waals surface area contributed by atoms with Gasteiger partial charge in [-0.25, -0.2) is 9.97 Å². The lowest BCUT2D eigenvalue weighted by Gasteiger charge is -2.46. The number of aliphatic hydroxyl groups excluding tert-OH is 1. The Balaban J connectivity index is 1.38. The zero-order valence-electron chi connectivity index (χ0n) is 20.6. The molecule has 3 N–H and O–H groups in total. The summed E-state index contributed by atoms with van der Waals surface area (Å²) in [6.45, 7) is 8.60. The van der Waals surface area contributed by atoms with Crippen molar-refractivity contribution in [2.75, 3.05) is 29.9 Å². The van der Waals surface area contributed by atoms with Crippen LogP contribution in [0.2, 0.25) is 5.02 Å². The first-order valence-electron chi connectivity index (χ1n) is 12.7. The van der Waals surface area contributed by atoms with Gasteiger partial charge in [-0.1, -0.05) is 44.5 Å². The van der Waals surface area contributed by atoms with Crippen LogP contribution in [0.4, 0.5) is 11.6 Å². The zero-order chi connectivity index (χ0) is 24.7. The van der Waals surface area contributed by atoms with Crippen LogP contribution in [-0.2, 0) is 4.79 Å². The smallest absolute Gasteiger partial charge is 0.226 e. The van der Waals surface area contributed by atoms with Crippen LogP contribution in [0.15, 0.2) is 30.6 Å². The van der Waals surface area contributed by atoms with Gasteiger partial charge in [0.25, 0.3) is 0 Å². The minimum absolute atomic E-state index is 0.00547. The van der Waals surface area contributed by atoms with E-state index in [1.807, 2.05) is 24.3 Å². The first-order chi connectivity index (χ1) is 16.8. The summed E-state index contributed by atoms with van der Waals surface area (Å²) in [6.07, 6.45) is 3.49. The Kier molecular flexibility index (Phi) is 6.99. The molecule has 3 unspecified atom stereocenters. The average Bonchev–Trinajstić information content (AvgIpc) is 3.08. The largest absolute Gasteiger partial charge is 0.378 e. The SMILES string of the molecule is CC(C)NC[C@H](c1ccc(Cl)cc1)C(O)N1C2CCC1CN(c1ncnc3c1[C@H](C)CC(=O)N3)C2. The van der Waals surface area contributed by atoms with E-state index in [-0.39, 0.29) is 29.8 Å². The van der Waals surface area contributed by atoms with E-state index in [1.54, 1.807) is 6.33 Å². The number of carbonyl (C=O) groups is 1. The first-order valence-corrected chi connectivity index (χ1v) is 13.0. The summed E-state index contributed by atoms with van der Waals surface area (Å²) in [5.74, 6) is 1.57. The quantitative estimate of drug-likeness (QED) is 0.539. The van der Waals surface area contributed by atoms with Gasteiger partial charge >= 0.3 is 0 Å². The second-order valence-electron chi connectivity index (χ2n) is 10.5. The maximum Gasteiger partial charge on any atom is 0.226 e. The predicted molar refractivity (Wildman–Crippen MR) is 138 cm³/mol. The standard InChI is InChI=1S/C26H35ClN6O2/c1-15(2)28-11-21(17-4-6-18(27)7-5-17)26(35)33-19-8-9-20(33)13-32(12-19)25-23-16(3)10-22(34)31-24(23)29-14-30-25/h4-7,14-16,19-21,26,28,35H,8-13H2,1-3H3,(H,29,30,31,34)/t16-,19?,20?,21-,26?/m1/s1. The molecule has 0 aliphatic carbocycles. The Morgan fingerprint density at radius 2 is 1.86 bits per heavy atom. The molecule has 0 radical (unpaired) electrons. The van der Waals surface area contributed by atoms with Gasteiger partial charge in [-0.3, -0.25) is 9.69 Å². The molecule has 2 aromatic rings. The summed E-state index contributed by atoms with van der Waals surface area (Å²) in [6, 6.07) is 8.65. The predicted octanol–water partition coefficient (Wildman–Crippen LogP) is 3.33. The van der Waals surface area contributed by atoms with Gasteiger partial charge in [-0.15, -0.1) is 0 Å². The Morgan fingerprint density at radius 1 is 1.17 bits per heavy atom. The molecule has 2 saturated heterocycles. The molecule has 188 valence electrons. The van der Waals surface area contributed by atoms with Crippen molar-refractivity contribution in [3.8, 4) is 0 Å². The second kappa shape index (κ2) is 10.0. The van der Waals surface area contributed by atoms with Gasteiger partial charge in [0, 0.05) is 60.7 Å². The number of hydrogen-bond donors (Lipinski definition) is 3. The highest BCUT2D eigenvalue weighted by Gasteiger charge is 2.46. The number of piperazine rings is 1. The fraction of sp³-hybridized carbons (Fsp3) is 0.577. The average molecular weight is 499 g/mol. The molecule has 4 heterocycles. The number of aromatic nitrogens is 2. The molecular formula is C26H35ClN6O2. The van der Waals surface area contributed by atoms with Crippen molar-refractivity contribution in [1.29, 1.82) is 0 Å². The third-order valence-electron chi connectivity index (χ3n) is 7.65. The molecule has 0 spiro atoms. The van der Waals surface area contributed by atoms with Crippen molar-refractivity contribution in [2.45, 2.75) is 76.2 Å². The number of rotatable bonds is 7. The Labute approximate surface area is 212 Å². The number of amides is 1. The number of anilines is 2. The minimum atomic E-state index is -0.598. The third-order valence-corrected chi connectivity index (χ3v) is 7.90. The lowest BCUT2D eigenvalue weighted by atomic mass is 9.93. The van der Waals surface area contributed by atoms with Crippen molar-refractivity contribution in [2.24, 2.45) is 0 Å². The molecule has 1 aromatic heterocycles. The number of nitrogens with zero attached hydrogens (tertiary/aromatic N) is 4. The van der Waals surface area contributed by atoms with E-state index in [0.29, 0.717) is 29.8 Å². The molecule has 1 aromatic carbocycles. The van der Waals surface area contributed by atoms with Crippen LogP contribution in [-0.4, -0.2) is 69.9 Å². The molecule has 5 atom stereocenters. The summed E-state index contributed by atoms with van der Waals surface area (Å²) in [5.41, 5.74) is 2.12. The zero-order valence-corrected chi connectivity index (χ0v) is 21.4. The fourth-order valence-electron chi connectivity index (χ4n) is 5.97. The number of nitrogens with one attached hydrogen (secondary N) is 2. The third kappa shape index (κ3) is 4.89. The van der Waals surface area contributed by atoms with Crippen LogP contribution >= 0.6 is 11.6 Å². The van der Waals surface area contributed by atoms with Crippen molar-refractivity contribution in [3.63, 3.8) is 0 Å². The van der Waals surface area contributed by atoms with Gasteiger partial charge in [-0.05, 0) is 36.5 Å². The number of hydrogen-bond acceptors (Lipinski definition) is 7. The van der Waals surface area contributed by atoms with Gasteiger partial charge in [0.05, 0.1) is 0 Å². The highest BCUT2D eigenvalue weighted by molar-refractivity contribution is 6.30. The van der Waals surface area contributed by atoms with E-state index in [4.69, 9.17) is 11.6 Å². The highest BCUT2D eigenvalue weighted by Crippen LogP contribution is 2.41. The second-order valence-corrected chi connectivity index (χ2v) is 10.9. The summed E-state index contributed by atoms with van der Waals surface area (Å²) >= 11 is 6.14. The number of aliphatic hydroxyl groups is 1. The fourth-order valence-corrected chi connectivity index (χ4v) is 6.10. The number of benzene rings is 1. The molecule has 3 aliphatic rings. The minimum Gasteiger partial charge on any atom is -0.378 e. The maximum absolute atomic E-state index is 12.0. The van der Waals surface area contributed by atoms with Crippen LogP contribution < -0.4 is 15.5 Å². The summed E-state index contributed by atoms with van der Waals surface area (Å²) in [5, 5.41) is 18.9. The molecule has 2 fully saturated rings. The highest BCUT2D eigenvalue weighted by atomic mass is 35.5. The lowest BCUT2D eigenvalue weighted by molar-refractivity contribution is -0.116. The number of carbonyl (C=O) groups excluding carboxylic acids is 1. The molecule has 35 heavy (non-hydrogen) atoms. The first kappa shape index (κ1) is 24.4. The normalized spacial score (nSPS) is 25.9. The number of halogens is 1. The Hall–Kier alpha value is -2.26. The Morgan fingerprint density at radius 3 is 2.51 bits per heavy atom. The van der Waals surface area contributed by atoms with Gasteiger partial charge in [0.15, 0.2) is 0 Å². The Bertz CT molecular complexity index is 1050. The van der Waals surface area contributed by atoms with Gasteiger partial charge in [-0.2, -0.15) is 0 Å². The van der Waals surface area contributed by atoms with Crippen molar-refractivity contribution in [3.05, 3.63) is 46.7 Å². The van der Waals surface area contributed by atoms with E-state index in [2.05, 4.69) is 51.2 Å². The topological polar surface area (TPSA) is 93.6 Å². The summed E-state index contributed by atoms with van der Waals surface area (Å²) in [7, 11) is 0. The molecule has 5 rings (SSSR count). The molecule has 1 amide bonds. The molecule has 8 nitrogen and oxygen atoms in total. The van der Waals surface area contributed by atoms with Gasteiger partial charge in [0.2, 0.25) is 5.91 Å². The molecular weight excluding hydrogens is 464 g/mol. The van der Waals surface area contributed by atoms with E-state index in [1.165, 1.54) is 0 Å². The van der Waals surface area contributed by atoms with E-state index in [9.17, 15) is 9.90 Å². The van der Waals surface area contributed by atoms with Crippen LogP contribution in [0.25, 0.3) is 0 Å². The van der Waals surface area contributed by atoms with Gasteiger partial charge < -0.3 is 20.6 Å². The van der Waals surface area contributed by atoms with Crippen LogP contribution in [0.3, 0.4) is 0 Å². The van der Waals surface area contributed by atoms with E-state index < -0.39 is 6.23 Å². The molecule has 0 saturated carbocycles.